The summed E-state index contributed by atoms with van der Waals surface area (Å²) < 4.78 is 1.82. The largest absolute Gasteiger partial charge is 0.364 e. The predicted octanol–water partition coefficient (Wildman–Crippen LogP) is 1.23. The van der Waals surface area contributed by atoms with E-state index in [4.69, 9.17) is 5.73 Å². The SMILES string of the molecule is Cn1ncnc1CN1CCC(N)c2ccccc21. The first-order valence-electron chi connectivity index (χ1n) is 6.18. The van der Waals surface area contributed by atoms with E-state index in [9.17, 15) is 0 Å². The van der Waals surface area contributed by atoms with Crippen LogP contribution in [-0.2, 0) is 13.6 Å². The van der Waals surface area contributed by atoms with Gasteiger partial charge in [0.1, 0.15) is 12.2 Å². The van der Waals surface area contributed by atoms with Gasteiger partial charge in [0.2, 0.25) is 0 Å². The van der Waals surface area contributed by atoms with Crippen molar-refractivity contribution in [3.63, 3.8) is 0 Å². The average Bonchev–Trinajstić information content (AvgIpc) is 2.79. The summed E-state index contributed by atoms with van der Waals surface area (Å²) in [5, 5.41) is 4.11. The molecule has 1 aromatic carbocycles. The number of benzene rings is 1. The summed E-state index contributed by atoms with van der Waals surface area (Å²) in [6.45, 7) is 1.74. The predicted molar refractivity (Wildman–Crippen MR) is 70.0 cm³/mol. The van der Waals surface area contributed by atoms with Crippen molar-refractivity contribution in [3.05, 3.63) is 42.0 Å². The van der Waals surface area contributed by atoms with Crippen LogP contribution >= 0.6 is 0 Å². The number of rotatable bonds is 2. The van der Waals surface area contributed by atoms with Gasteiger partial charge in [0.05, 0.1) is 6.54 Å². The van der Waals surface area contributed by atoms with Gasteiger partial charge in [0.25, 0.3) is 0 Å². The van der Waals surface area contributed by atoms with Crippen molar-refractivity contribution < 1.29 is 0 Å². The lowest BCUT2D eigenvalue weighted by molar-refractivity contribution is 0.573. The summed E-state index contributed by atoms with van der Waals surface area (Å²) in [7, 11) is 1.92. The van der Waals surface area contributed by atoms with Gasteiger partial charge in [-0.3, -0.25) is 4.68 Å². The summed E-state index contributed by atoms with van der Waals surface area (Å²) in [4.78, 5) is 6.60. The number of anilines is 1. The molecule has 1 atom stereocenters. The molecule has 1 unspecified atom stereocenters. The molecule has 0 saturated heterocycles. The number of nitrogens with zero attached hydrogens (tertiary/aromatic N) is 4. The van der Waals surface area contributed by atoms with E-state index in [1.165, 1.54) is 11.3 Å². The van der Waals surface area contributed by atoms with Crippen LogP contribution in [-0.4, -0.2) is 21.3 Å². The molecule has 0 fully saturated rings. The van der Waals surface area contributed by atoms with Crippen molar-refractivity contribution in [1.82, 2.24) is 14.8 Å². The van der Waals surface area contributed by atoms with Gasteiger partial charge in [0, 0.05) is 25.3 Å². The van der Waals surface area contributed by atoms with Gasteiger partial charge in [-0.25, -0.2) is 4.98 Å². The minimum absolute atomic E-state index is 0.150. The summed E-state index contributed by atoms with van der Waals surface area (Å²) in [6.07, 6.45) is 2.58. The topological polar surface area (TPSA) is 60.0 Å². The Morgan fingerprint density at radius 3 is 3.00 bits per heavy atom. The zero-order valence-electron chi connectivity index (χ0n) is 10.5. The van der Waals surface area contributed by atoms with Crippen molar-refractivity contribution in [1.29, 1.82) is 0 Å². The molecule has 0 aliphatic carbocycles. The molecule has 0 radical (unpaired) electrons. The monoisotopic (exact) mass is 243 g/mol. The van der Waals surface area contributed by atoms with E-state index in [1.807, 2.05) is 17.8 Å². The Morgan fingerprint density at radius 1 is 1.39 bits per heavy atom. The van der Waals surface area contributed by atoms with Gasteiger partial charge in [0.15, 0.2) is 0 Å². The van der Waals surface area contributed by atoms with Crippen LogP contribution in [0.25, 0.3) is 0 Å². The van der Waals surface area contributed by atoms with Crippen molar-refractivity contribution in [3.8, 4) is 0 Å². The summed E-state index contributed by atoms with van der Waals surface area (Å²) in [6, 6.07) is 8.50. The lowest BCUT2D eigenvalue weighted by Gasteiger charge is -2.33. The van der Waals surface area contributed by atoms with E-state index in [0.29, 0.717) is 0 Å². The average molecular weight is 243 g/mol. The fourth-order valence-corrected chi connectivity index (χ4v) is 2.46. The fourth-order valence-electron chi connectivity index (χ4n) is 2.46. The minimum atomic E-state index is 0.150. The van der Waals surface area contributed by atoms with Crippen molar-refractivity contribution in [2.45, 2.75) is 19.0 Å². The number of aromatic nitrogens is 3. The molecule has 0 bridgehead atoms. The minimum Gasteiger partial charge on any atom is -0.364 e. The highest BCUT2D eigenvalue weighted by Crippen LogP contribution is 2.32. The van der Waals surface area contributed by atoms with Crippen LogP contribution in [0.15, 0.2) is 30.6 Å². The Kier molecular flexibility index (Phi) is 2.76. The maximum Gasteiger partial charge on any atom is 0.146 e. The molecule has 5 nitrogen and oxygen atoms in total. The van der Waals surface area contributed by atoms with Crippen LogP contribution in [0, 0.1) is 0 Å². The highest BCUT2D eigenvalue weighted by molar-refractivity contribution is 5.56. The molecule has 18 heavy (non-hydrogen) atoms. The van der Waals surface area contributed by atoms with Gasteiger partial charge in [-0.1, -0.05) is 18.2 Å². The van der Waals surface area contributed by atoms with Crippen LogP contribution in [0.3, 0.4) is 0 Å². The molecule has 2 heterocycles. The molecule has 2 N–H and O–H groups in total. The highest BCUT2D eigenvalue weighted by Gasteiger charge is 2.22. The van der Waals surface area contributed by atoms with Gasteiger partial charge in [-0.05, 0) is 18.1 Å². The van der Waals surface area contributed by atoms with Gasteiger partial charge < -0.3 is 10.6 Å². The zero-order valence-corrected chi connectivity index (χ0v) is 10.5. The second-order valence-electron chi connectivity index (χ2n) is 4.68. The second kappa shape index (κ2) is 4.42. The van der Waals surface area contributed by atoms with E-state index in [1.54, 1.807) is 6.33 Å². The quantitative estimate of drug-likeness (QED) is 0.861. The first-order chi connectivity index (χ1) is 8.75. The Bertz CT molecular complexity index is 548. The van der Waals surface area contributed by atoms with Gasteiger partial charge in [-0.15, -0.1) is 0 Å². The lowest BCUT2D eigenvalue weighted by Crippen LogP contribution is -2.34. The van der Waals surface area contributed by atoms with E-state index < -0.39 is 0 Å². The smallest absolute Gasteiger partial charge is 0.146 e. The maximum atomic E-state index is 6.15. The van der Waals surface area contributed by atoms with Crippen molar-refractivity contribution >= 4 is 5.69 Å². The molecule has 0 amide bonds. The molecule has 94 valence electrons. The van der Waals surface area contributed by atoms with Crippen LogP contribution in [0.1, 0.15) is 23.9 Å². The number of aryl methyl sites for hydroxylation is 1. The molecule has 0 spiro atoms. The Balaban J connectivity index is 1.91. The van der Waals surface area contributed by atoms with Gasteiger partial charge in [-0.2, -0.15) is 5.10 Å². The first kappa shape index (κ1) is 11.2. The number of hydrogen-bond donors (Lipinski definition) is 1. The van der Waals surface area contributed by atoms with Crippen LogP contribution in [0.2, 0.25) is 0 Å². The Labute approximate surface area is 106 Å². The Hall–Kier alpha value is -1.88. The van der Waals surface area contributed by atoms with E-state index in [2.05, 4.69) is 33.2 Å². The number of hydrogen-bond acceptors (Lipinski definition) is 4. The van der Waals surface area contributed by atoms with E-state index in [-0.39, 0.29) is 6.04 Å². The summed E-state index contributed by atoms with van der Waals surface area (Å²) in [5.74, 6) is 0.972. The van der Waals surface area contributed by atoms with Crippen LogP contribution < -0.4 is 10.6 Å². The third kappa shape index (κ3) is 1.86. The Morgan fingerprint density at radius 2 is 2.22 bits per heavy atom. The second-order valence-corrected chi connectivity index (χ2v) is 4.68. The molecule has 1 aromatic heterocycles. The van der Waals surface area contributed by atoms with Crippen molar-refractivity contribution in [2.75, 3.05) is 11.4 Å². The molecule has 0 saturated carbocycles. The normalized spacial score (nSPS) is 18.8. The molecule has 5 heteroatoms. The van der Waals surface area contributed by atoms with Crippen LogP contribution in [0.5, 0.6) is 0 Å². The molecule has 1 aliphatic heterocycles. The number of fused-ring (bicyclic) bond motifs is 1. The standard InChI is InChI=1S/C13H17N5/c1-17-13(15-9-16-17)8-18-7-6-11(14)10-4-2-3-5-12(10)18/h2-5,9,11H,6-8,14H2,1H3. The number of para-hydroxylation sites is 1. The fraction of sp³-hybridized carbons (Fsp3) is 0.385. The zero-order chi connectivity index (χ0) is 12.5. The summed E-state index contributed by atoms with van der Waals surface area (Å²) in [5.41, 5.74) is 8.60. The maximum absolute atomic E-state index is 6.15. The van der Waals surface area contributed by atoms with E-state index in [0.717, 1.165) is 25.3 Å². The summed E-state index contributed by atoms with van der Waals surface area (Å²) >= 11 is 0. The van der Waals surface area contributed by atoms with E-state index >= 15 is 0 Å². The molecular weight excluding hydrogens is 226 g/mol. The molecule has 2 aromatic rings. The lowest BCUT2D eigenvalue weighted by atomic mass is 9.97. The molecular formula is C13H17N5. The van der Waals surface area contributed by atoms with Gasteiger partial charge >= 0.3 is 0 Å². The van der Waals surface area contributed by atoms with Crippen LogP contribution in [0.4, 0.5) is 5.69 Å². The molecule has 1 aliphatic rings. The molecule has 3 rings (SSSR count). The first-order valence-corrected chi connectivity index (χ1v) is 6.18. The third-order valence-corrected chi connectivity index (χ3v) is 3.52. The highest BCUT2D eigenvalue weighted by atomic mass is 15.3. The number of nitrogens with two attached hydrogens (primary N) is 1. The third-order valence-electron chi connectivity index (χ3n) is 3.52. The van der Waals surface area contributed by atoms with Crippen molar-refractivity contribution in [2.24, 2.45) is 12.8 Å².